The fourth-order valence-electron chi connectivity index (χ4n) is 6.19. The molecule has 4 saturated carbocycles. The Morgan fingerprint density at radius 3 is 2.12 bits per heavy atom. The lowest BCUT2D eigenvalue weighted by molar-refractivity contribution is -0.147. The molecule has 1 aromatic carbocycles. The molecule has 7 nitrogen and oxygen atoms in total. The minimum absolute atomic E-state index is 0.0336. The maximum absolute atomic E-state index is 12.5. The summed E-state index contributed by atoms with van der Waals surface area (Å²) in [5.74, 6) is 0.815. The summed E-state index contributed by atoms with van der Waals surface area (Å²) >= 11 is 0. The summed E-state index contributed by atoms with van der Waals surface area (Å²) in [7, 11) is 0. The highest BCUT2D eigenvalue weighted by atomic mass is 19.3. The van der Waals surface area contributed by atoms with Crippen molar-refractivity contribution in [3.8, 4) is 5.75 Å². The average Bonchev–Trinajstić information content (AvgIpc) is 2.70. The summed E-state index contributed by atoms with van der Waals surface area (Å²) in [5, 5.41) is 5.11. The third-order valence-corrected chi connectivity index (χ3v) is 6.86. The van der Waals surface area contributed by atoms with Crippen molar-refractivity contribution in [2.45, 2.75) is 51.6 Å². The predicted octanol–water partition coefficient (Wildman–Crippen LogP) is 3.49. The maximum Gasteiger partial charge on any atom is 0.387 e. The molecular formula is C23H28F2N2O5. The van der Waals surface area contributed by atoms with Gasteiger partial charge < -0.3 is 20.1 Å². The van der Waals surface area contributed by atoms with Crippen molar-refractivity contribution in [3.05, 3.63) is 24.3 Å². The first-order valence-corrected chi connectivity index (χ1v) is 11.1. The molecule has 2 N–H and O–H groups in total. The van der Waals surface area contributed by atoms with Crippen LogP contribution in [0.5, 0.6) is 5.75 Å². The molecule has 2 amide bonds. The number of nitrogens with one attached hydrogen (secondary N) is 2. The van der Waals surface area contributed by atoms with Crippen molar-refractivity contribution in [3.63, 3.8) is 0 Å². The van der Waals surface area contributed by atoms with Gasteiger partial charge in [0.1, 0.15) is 12.3 Å². The Labute approximate surface area is 185 Å². The second-order valence-corrected chi connectivity index (χ2v) is 9.48. The number of carbonyl (C=O) groups excluding carboxylic acids is 3. The highest BCUT2D eigenvalue weighted by Crippen LogP contribution is 2.61. The van der Waals surface area contributed by atoms with Gasteiger partial charge in [0, 0.05) is 12.1 Å². The van der Waals surface area contributed by atoms with Crippen LogP contribution in [-0.4, -0.2) is 37.5 Å². The van der Waals surface area contributed by atoms with Crippen LogP contribution in [0.1, 0.15) is 44.9 Å². The lowest BCUT2D eigenvalue weighted by Crippen LogP contribution is -2.48. The molecule has 0 atom stereocenters. The smallest absolute Gasteiger partial charge is 0.387 e. The van der Waals surface area contributed by atoms with E-state index in [1.807, 2.05) is 0 Å². The van der Waals surface area contributed by atoms with Gasteiger partial charge in [-0.25, -0.2) is 0 Å². The molecule has 0 spiro atoms. The van der Waals surface area contributed by atoms with E-state index in [1.165, 1.54) is 43.5 Å². The van der Waals surface area contributed by atoms with Crippen molar-refractivity contribution in [2.24, 2.45) is 23.2 Å². The number of carbonyl (C=O) groups is 3. The molecule has 0 heterocycles. The number of rotatable bonds is 9. The molecule has 32 heavy (non-hydrogen) atoms. The van der Waals surface area contributed by atoms with E-state index in [1.54, 1.807) is 0 Å². The Hall–Kier alpha value is -2.71. The van der Waals surface area contributed by atoms with Gasteiger partial charge >= 0.3 is 12.6 Å². The minimum atomic E-state index is -2.93. The third kappa shape index (κ3) is 5.75. The van der Waals surface area contributed by atoms with Gasteiger partial charge in [-0.2, -0.15) is 8.78 Å². The van der Waals surface area contributed by atoms with E-state index >= 15 is 0 Å². The minimum Gasteiger partial charge on any atom is -0.454 e. The fraction of sp³-hybridized carbons (Fsp3) is 0.609. The van der Waals surface area contributed by atoms with E-state index in [0.29, 0.717) is 12.1 Å². The van der Waals surface area contributed by atoms with Gasteiger partial charge in [-0.15, -0.1) is 0 Å². The predicted molar refractivity (Wildman–Crippen MR) is 111 cm³/mol. The van der Waals surface area contributed by atoms with Crippen LogP contribution in [0.2, 0.25) is 0 Å². The summed E-state index contributed by atoms with van der Waals surface area (Å²) in [4.78, 5) is 36.3. The highest BCUT2D eigenvalue weighted by Gasteiger charge is 2.51. The van der Waals surface area contributed by atoms with Crippen LogP contribution in [0.25, 0.3) is 0 Å². The summed E-state index contributed by atoms with van der Waals surface area (Å²) < 4.78 is 33.4. The molecular weight excluding hydrogens is 422 g/mol. The van der Waals surface area contributed by atoms with E-state index in [0.717, 1.165) is 37.0 Å². The Kier molecular flexibility index (Phi) is 6.62. The lowest BCUT2D eigenvalue weighted by Gasteiger charge is -2.56. The lowest BCUT2D eigenvalue weighted by atomic mass is 9.49. The Bertz CT molecular complexity index is 823. The zero-order valence-corrected chi connectivity index (χ0v) is 17.8. The fourth-order valence-corrected chi connectivity index (χ4v) is 6.19. The Balaban J connectivity index is 1.14. The number of halogens is 2. The molecule has 0 radical (unpaired) electrons. The summed E-state index contributed by atoms with van der Waals surface area (Å²) in [6.45, 7) is -3.72. The van der Waals surface area contributed by atoms with Crippen molar-refractivity contribution in [1.82, 2.24) is 5.32 Å². The second-order valence-electron chi connectivity index (χ2n) is 9.48. The molecule has 4 aliphatic carbocycles. The van der Waals surface area contributed by atoms with E-state index in [4.69, 9.17) is 4.74 Å². The van der Waals surface area contributed by atoms with E-state index in [2.05, 4.69) is 15.4 Å². The number of hydrogen-bond acceptors (Lipinski definition) is 5. The van der Waals surface area contributed by atoms with Crippen LogP contribution in [0.3, 0.4) is 0 Å². The van der Waals surface area contributed by atoms with Gasteiger partial charge in [-0.05, 0) is 86.0 Å². The van der Waals surface area contributed by atoms with E-state index in [9.17, 15) is 23.2 Å². The van der Waals surface area contributed by atoms with Crippen molar-refractivity contribution < 1.29 is 32.6 Å². The molecule has 9 heteroatoms. The summed E-state index contributed by atoms with van der Waals surface area (Å²) in [6, 6.07) is 5.35. The molecule has 0 aromatic heterocycles. The Morgan fingerprint density at radius 2 is 1.56 bits per heavy atom. The van der Waals surface area contributed by atoms with Gasteiger partial charge in [0.2, 0.25) is 5.91 Å². The molecule has 1 aromatic rings. The molecule has 4 aliphatic rings. The number of hydrogen-bond donors (Lipinski definition) is 2. The first-order valence-electron chi connectivity index (χ1n) is 11.1. The maximum atomic E-state index is 12.5. The second kappa shape index (κ2) is 9.42. The van der Waals surface area contributed by atoms with E-state index < -0.39 is 25.1 Å². The van der Waals surface area contributed by atoms with Gasteiger partial charge in [-0.3, -0.25) is 14.4 Å². The van der Waals surface area contributed by atoms with Crippen LogP contribution in [-0.2, 0) is 19.1 Å². The average molecular weight is 450 g/mol. The van der Waals surface area contributed by atoms with Gasteiger partial charge in [-0.1, -0.05) is 0 Å². The zero-order chi connectivity index (χ0) is 22.7. The van der Waals surface area contributed by atoms with Crippen LogP contribution < -0.4 is 15.4 Å². The summed E-state index contributed by atoms with van der Waals surface area (Å²) in [5.41, 5.74) is 0.440. The first kappa shape index (κ1) is 22.5. The van der Waals surface area contributed by atoms with Crippen LogP contribution >= 0.6 is 0 Å². The highest BCUT2D eigenvalue weighted by molar-refractivity contribution is 5.93. The number of anilines is 1. The van der Waals surface area contributed by atoms with Crippen molar-refractivity contribution in [2.75, 3.05) is 18.5 Å². The zero-order valence-electron chi connectivity index (χ0n) is 17.8. The quantitative estimate of drug-likeness (QED) is 0.562. The summed E-state index contributed by atoms with van der Waals surface area (Å²) in [6.07, 6.45) is 7.73. The normalized spacial score (nSPS) is 27.8. The van der Waals surface area contributed by atoms with Crippen molar-refractivity contribution in [1.29, 1.82) is 0 Å². The number of ether oxygens (including phenoxy) is 2. The number of alkyl halides is 2. The van der Waals surface area contributed by atoms with Gasteiger partial charge in [0.25, 0.3) is 5.91 Å². The van der Waals surface area contributed by atoms with E-state index in [-0.39, 0.29) is 23.6 Å². The first-order chi connectivity index (χ1) is 15.3. The molecule has 0 aliphatic heterocycles. The number of benzene rings is 1. The molecule has 0 unspecified atom stereocenters. The third-order valence-electron chi connectivity index (χ3n) is 6.86. The van der Waals surface area contributed by atoms with Crippen LogP contribution in [0.15, 0.2) is 24.3 Å². The molecule has 4 bridgehead atoms. The van der Waals surface area contributed by atoms with Crippen molar-refractivity contribution >= 4 is 23.5 Å². The molecule has 5 rings (SSSR count). The topological polar surface area (TPSA) is 93.7 Å². The molecule has 0 saturated heterocycles. The van der Waals surface area contributed by atoms with Gasteiger partial charge in [0.15, 0.2) is 6.61 Å². The monoisotopic (exact) mass is 450 g/mol. The standard InChI is InChI=1S/C23H28F2N2O5/c24-22(25)32-18-3-1-17(2-4-18)27-20(29)13-31-21(30)12-26-19(28)11-23-8-14-5-15(9-23)7-16(6-14)10-23/h1-4,14-16,22H,5-13H2,(H,26,28)(H,27,29). The van der Waals surface area contributed by atoms with Gasteiger partial charge in [0.05, 0.1) is 0 Å². The van der Waals surface area contributed by atoms with Crippen LogP contribution in [0, 0.1) is 23.2 Å². The SMILES string of the molecule is O=C(CC12CC3CC(CC(C3)C1)C2)NCC(=O)OCC(=O)Nc1ccc(OC(F)F)cc1. The number of esters is 1. The Morgan fingerprint density at radius 1 is 0.969 bits per heavy atom. The number of amides is 2. The molecule has 4 fully saturated rings. The molecule has 174 valence electrons. The van der Waals surface area contributed by atoms with Crippen LogP contribution in [0.4, 0.5) is 14.5 Å². The largest absolute Gasteiger partial charge is 0.454 e.